The summed E-state index contributed by atoms with van der Waals surface area (Å²) in [5, 5.41) is 0. The summed E-state index contributed by atoms with van der Waals surface area (Å²) < 4.78 is 62.5. The van der Waals surface area contributed by atoms with Gasteiger partial charge in [0.15, 0.2) is 0 Å². The number of aromatic nitrogens is 1. The lowest BCUT2D eigenvalue weighted by atomic mass is 10.1. The molecular formula is C13H10F3NO3S. The maximum Gasteiger partial charge on any atom is 0.534 e. The number of benzene rings is 1. The van der Waals surface area contributed by atoms with E-state index in [9.17, 15) is 21.6 Å². The molecule has 0 unspecified atom stereocenters. The van der Waals surface area contributed by atoms with Crippen LogP contribution in [0.25, 0.3) is 0 Å². The first kappa shape index (κ1) is 15.3. The molecule has 0 fully saturated rings. The van der Waals surface area contributed by atoms with Gasteiger partial charge < -0.3 is 4.18 Å². The predicted octanol–water partition coefficient (Wildman–Crippen LogP) is 2.90. The standard InChI is InChI=1S/C13H10F3NO3S/c14-13(15,16)21(18,19)20-12-8-4-7-11(17-12)9-10-5-2-1-3-6-10/h1-8H,9H2. The van der Waals surface area contributed by atoms with E-state index >= 15 is 0 Å². The second-order valence-electron chi connectivity index (χ2n) is 4.11. The maximum absolute atomic E-state index is 12.2. The summed E-state index contributed by atoms with van der Waals surface area (Å²) in [6.45, 7) is 0. The molecule has 0 aliphatic heterocycles. The normalized spacial score (nSPS) is 12.1. The van der Waals surface area contributed by atoms with Gasteiger partial charge in [-0.3, -0.25) is 0 Å². The van der Waals surface area contributed by atoms with Crippen molar-refractivity contribution in [1.29, 1.82) is 0 Å². The predicted molar refractivity (Wildman–Crippen MR) is 69.1 cm³/mol. The Balaban J connectivity index is 2.19. The summed E-state index contributed by atoms with van der Waals surface area (Å²) in [5.74, 6) is -0.610. The zero-order valence-corrected chi connectivity index (χ0v) is 11.4. The van der Waals surface area contributed by atoms with Crippen molar-refractivity contribution in [2.24, 2.45) is 0 Å². The van der Waals surface area contributed by atoms with Crippen LogP contribution in [0.3, 0.4) is 0 Å². The van der Waals surface area contributed by atoms with Gasteiger partial charge in [0.05, 0.1) is 0 Å². The summed E-state index contributed by atoms with van der Waals surface area (Å²) >= 11 is 0. The van der Waals surface area contributed by atoms with E-state index in [0.29, 0.717) is 12.1 Å². The van der Waals surface area contributed by atoms with Crippen molar-refractivity contribution in [3.05, 3.63) is 59.8 Å². The van der Waals surface area contributed by atoms with E-state index in [-0.39, 0.29) is 0 Å². The van der Waals surface area contributed by atoms with E-state index < -0.39 is 21.5 Å². The fourth-order valence-electron chi connectivity index (χ4n) is 1.57. The quantitative estimate of drug-likeness (QED) is 0.643. The number of alkyl halides is 3. The molecule has 0 radical (unpaired) electrons. The molecular weight excluding hydrogens is 307 g/mol. The Bertz CT molecular complexity index is 715. The van der Waals surface area contributed by atoms with Crippen LogP contribution in [0.4, 0.5) is 13.2 Å². The Labute approximate surface area is 119 Å². The van der Waals surface area contributed by atoms with Crippen LogP contribution in [0.2, 0.25) is 0 Å². The number of hydrogen-bond donors (Lipinski definition) is 0. The van der Waals surface area contributed by atoms with Gasteiger partial charge in [0, 0.05) is 18.2 Å². The average Bonchev–Trinajstić information content (AvgIpc) is 2.38. The molecule has 2 rings (SSSR count). The van der Waals surface area contributed by atoms with Crippen molar-refractivity contribution in [3.8, 4) is 5.88 Å². The van der Waals surface area contributed by atoms with Crippen molar-refractivity contribution < 1.29 is 25.8 Å². The Kier molecular flexibility index (Phi) is 4.17. The van der Waals surface area contributed by atoms with Crippen molar-refractivity contribution in [2.45, 2.75) is 11.9 Å². The smallest absolute Gasteiger partial charge is 0.355 e. The highest BCUT2D eigenvalue weighted by Crippen LogP contribution is 2.26. The van der Waals surface area contributed by atoms with Crippen molar-refractivity contribution >= 4 is 10.1 Å². The molecule has 2 aromatic rings. The largest absolute Gasteiger partial charge is 0.534 e. The fraction of sp³-hybridized carbons (Fsp3) is 0.154. The minimum absolute atomic E-state index is 0.351. The van der Waals surface area contributed by atoms with Crippen LogP contribution in [0.15, 0.2) is 48.5 Å². The first-order chi connectivity index (χ1) is 9.78. The summed E-state index contributed by atoms with van der Waals surface area (Å²) in [6, 6.07) is 13.1. The number of halogens is 3. The van der Waals surface area contributed by atoms with E-state index in [1.165, 1.54) is 6.07 Å². The molecule has 112 valence electrons. The van der Waals surface area contributed by atoms with E-state index in [1.54, 1.807) is 6.07 Å². The molecule has 0 saturated carbocycles. The van der Waals surface area contributed by atoms with Gasteiger partial charge in [-0.2, -0.15) is 21.6 Å². The zero-order chi connectivity index (χ0) is 15.5. The molecule has 0 atom stereocenters. The van der Waals surface area contributed by atoms with Gasteiger partial charge in [0.2, 0.25) is 5.88 Å². The van der Waals surface area contributed by atoms with Gasteiger partial charge >= 0.3 is 15.6 Å². The Morgan fingerprint density at radius 2 is 1.67 bits per heavy atom. The number of nitrogens with zero attached hydrogens (tertiary/aromatic N) is 1. The van der Waals surface area contributed by atoms with Crippen LogP contribution in [-0.4, -0.2) is 18.9 Å². The lowest BCUT2D eigenvalue weighted by Crippen LogP contribution is -2.28. The second-order valence-corrected chi connectivity index (χ2v) is 5.65. The highest BCUT2D eigenvalue weighted by atomic mass is 32.2. The highest BCUT2D eigenvalue weighted by molar-refractivity contribution is 7.87. The topological polar surface area (TPSA) is 56.3 Å². The molecule has 21 heavy (non-hydrogen) atoms. The van der Waals surface area contributed by atoms with Crippen LogP contribution in [0, 0.1) is 0 Å². The van der Waals surface area contributed by atoms with Crippen molar-refractivity contribution in [3.63, 3.8) is 0 Å². The van der Waals surface area contributed by atoms with Crippen LogP contribution in [0.5, 0.6) is 5.88 Å². The van der Waals surface area contributed by atoms with E-state index in [0.717, 1.165) is 11.6 Å². The SMILES string of the molecule is O=S(=O)(Oc1cccc(Cc2ccccc2)n1)C(F)(F)F. The van der Waals surface area contributed by atoms with Gasteiger partial charge in [-0.25, -0.2) is 4.98 Å². The minimum atomic E-state index is -5.70. The number of hydrogen-bond acceptors (Lipinski definition) is 4. The van der Waals surface area contributed by atoms with Crippen molar-refractivity contribution in [2.75, 3.05) is 0 Å². The first-order valence-electron chi connectivity index (χ1n) is 5.78. The Morgan fingerprint density at radius 1 is 1.00 bits per heavy atom. The zero-order valence-electron chi connectivity index (χ0n) is 10.5. The first-order valence-corrected chi connectivity index (χ1v) is 7.19. The lowest BCUT2D eigenvalue weighted by molar-refractivity contribution is -0.0501. The van der Waals surface area contributed by atoms with Crippen LogP contribution >= 0.6 is 0 Å². The number of pyridine rings is 1. The van der Waals surface area contributed by atoms with Gasteiger partial charge in [-0.15, -0.1) is 0 Å². The molecule has 0 N–H and O–H groups in total. The van der Waals surface area contributed by atoms with Gasteiger partial charge in [-0.05, 0) is 11.6 Å². The van der Waals surface area contributed by atoms with Crippen molar-refractivity contribution in [1.82, 2.24) is 4.98 Å². The molecule has 0 aliphatic carbocycles. The maximum atomic E-state index is 12.2. The third-order valence-electron chi connectivity index (χ3n) is 2.49. The molecule has 0 spiro atoms. The van der Waals surface area contributed by atoms with Gasteiger partial charge in [-0.1, -0.05) is 36.4 Å². The van der Waals surface area contributed by atoms with E-state index in [2.05, 4.69) is 9.17 Å². The van der Waals surface area contributed by atoms with Crippen LogP contribution in [-0.2, 0) is 16.5 Å². The third-order valence-corrected chi connectivity index (χ3v) is 3.44. The van der Waals surface area contributed by atoms with Gasteiger partial charge in [0.1, 0.15) is 0 Å². The minimum Gasteiger partial charge on any atom is -0.355 e. The highest BCUT2D eigenvalue weighted by Gasteiger charge is 2.48. The lowest BCUT2D eigenvalue weighted by Gasteiger charge is -2.09. The second kappa shape index (κ2) is 5.72. The third kappa shape index (κ3) is 3.94. The summed E-state index contributed by atoms with van der Waals surface area (Å²) in [4.78, 5) is 3.77. The monoisotopic (exact) mass is 317 g/mol. The Hall–Kier alpha value is -2.09. The van der Waals surface area contributed by atoms with Gasteiger partial charge in [0.25, 0.3) is 0 Å². The molecule has 1 heterocycles. The molecule has 0 bridgehead atoms. The fourth-order valence-corrected chi connectivity index (χ4v) is 1.98. The summed E-state index contributed by atoms with van der Waals surface area (Å²) in [6.07, 6.45) is 0.351. The molecule has 0 saturated heterocycles. The van der Waals surface area contributed by atoms with E-state index in [1.807, 2.05) is 30.3 Å². The van der Waals surface area contributed by atoms with Crippen LogP contribution in [0.1, 0.15) is 11.3 Å². The average molecular weight is 317 g/mol. The summed E-state index contributed by atoms with van der Waals surface area (Å²) in [7, 11) is -5.70. The van der Waals surface area contributed by atoms with E-state index in [4.69, 9.17) is 0 Å². The molecule has 0 aliphatic rings. The molecule has 0 amide bonds. The summed E-state index contributed by atoms with van der Waals surface area (Å²) in [5.41, 5.74) is -4.19. The van der Waals surface area contributed by atoms with Crippen LogP contribution < -0.4 is 4.18 Å². The number of rotatable bonds is 4. The molecule has 4 nitrogen and oxygen atoms in total. The molecule has 8 heteroatoms. The molecule has 1 aromatic carbocycles. The Morgan fingerprint density at radius 3 is 2.29 bits per heavy atom. The molecule has 1 aromatic heterocycles.